The summed E-state index contributed by atoms with van der Waals surface area (Å²) in [6.07, 6.45) is 1.29. The second-order valence-corrected chi connectivity index (χ2v) is 4.57. The first-order valence-electron chi connectivity index (χ1n) is 5.91. The van der Waals surface area contributed by atoms with Crippen molar-refractivity contribution in [2.45, 2.75) is 0 Å². The van der Waals surface area contributed by atoms with Crippen molar-refractivity contribution in [2.75, 3.05) is 12.4 Å². The SMILES string of the molecule is COc1c(Cl)ncnc1Nc1ccc2c(c1)C(=O)NC2=O. The van der Waals surface area contributed by atoms with Crippen molar-refractivity contribution in [1.82, 2.24) is 15.3 Å². The van der Waals surface area contributed by atoms with Gasteiger partial charge >= 0.3 is 0 Å². The van der Waals surface area contributed by atoms with Crippen molar-refractivity contribution in [3.8, 4) is 5.75 Å². The van der Waals surface area contributed by atoms with E-state index in [2.05, 4.69) is 20.6 Å². The standard InChI is InChI=1S/C13H9ClN4O3/c1-21-9-10(14)15-5-16-11(9)17-6-2-3-7-8(4-6)13(20)18-12(7)19/h2-5H,1H3,(H,15,16,17)(H,18,19,20). The second-order valence-electron chi connectivity index (χ2n) is 4.21. The van der Waals surface area contributed by atoms with E-state index in [9.17, 15) is 9.59 Å². The molecule has 0 bridgehead atoms. The number of ether oxygens (including phenoxy) is 1. The number of nitrogens with zero attached hydrogens (tertiary/aromatic N) is 2. The van der Waals surface area contributed by atoms with Crippen LogP contribution in [0.1, 0.15) is 20.7 Å². The third-order valence-corrected chi connectivity index (χ3v) is 3.23. The van der Waals surface area contributed by atoms with E-state index in [-0.39, 0.29) is 5.15 Å². The zero-order valence-corrected chi connectivity index (χ0v) is 11.6. The number of aromatic nitrogens is 2. The Bertz CT molecular complexity index is 763. The molecule has 0 aliphatic carbocycles. The molecule has 106 valence electrons. The van der Waals surface area contributed by atoms with Crippen LogP contribution in [0.15, 0.2) is 24.5 Å². The largest absolute Gasteiger partial charge is 0.490 e. The molecule has 2 amide bonds. The molecule has 7 nitrogen and oxygen atoms in total. The molecule has 2 N–H and O–H groups in total. The van der Waals surface area contributed by atoms with Crippen LogP contribution in [0.3, 0.4) is 0 Å². The number of nitrogens with one attached hydrogen (secondary N) is 2. The Balaban J connectivity index is 1.97. The molecule has 2 heterocycles. The van der Waals surface area contributed by atoms with Gasteiger partial charge in [-0.1, -0.05) is 11.6 Å². The number of fused-ring (bicyclic) bond motifs is 1. The molecule has 8 heteroatoms. The van der Waals surface area contributed by atoms with Crippen molar-refractivity contribution in [3.63, 3.8) is 0 Å². The Morgan fingerprint density at radius 2 is 1.95 bits per heavy atom. The predicted molar refractivity (Wildman–Crippen MR) is 75.1 cm³/mol. The van der Waals surface area contributed by atoms with E-state index >= 15 is 0 Å². The number of hydrogen-bond donors (Lipinski definition) is 2. The fourth-order valence-corrected chi connectivity index (χ4v) is 2.21. The Morgan fingerprint density at radius 3 is 2.71 bits per heavy atom. The zero-order chi connectivity index (χ0) is 15.0. The van der Waals surface area contributed by atoms with E-state index in [1.807, 2.05) is 0 Å². The van der Waals surface area contributed by atoms with Gasteiger partial charge in [-0.3, -0.25) is 14.9 Å². The summed E-state index contributed by atoms with van der Waals surface area (Å²) in [5, 5.41) is 5.38. The molecule has 0 radical (unpaired) electrons. The highest BCUT2D eigenvalue weighted by atomic mass is 35.5. The van der Waals surface area contributed by atoms with Crippen molar-refractivity contribution in [1.29, 1.82) is 0 Å². The van der Waals surface area contributed by atoms with Gasteiger partial charge in [0, 0.05) is 5.69 Å². The highest BCUT2D eigenvalue weighted by Gasteiger charge is 2.26. The summed E-state index contributed by atoms with van der Waals surface area (Å²) >= 11 is 5.91. The summed E-state index contributed by atoms with van der Waals surface area (Å²) < 4.78 is 5.13. The molecule has 3 rings (SSSR count). The van der Waals surface area contributed by atoms with Gasteiger partial charge in [-0.15, -0.1) is 0 Å². The number of anilines is 2. The first-order valence-corrected chi connectivity index (χ1v) is 6.29. The van der Waals surface area contributed by atoms with E-state index in [1.54, 1.807) is 18.2 Å². The van der Waals surface area contributed by atoms with Crippen molar-refractivity contribution >= 4 is 34.9 Å². The number of halogens is 1. The fraction of sp³-hybridized carbons (Fsp3) is 0.0769. The zero-order valence-electron chi connectivity index (χ0n) is 10.8. The van der Waals surface area contributed by atoms with Crippen LogP contribution in [0.5, 0.6) is 5.75 Å². The number of carbonyl (C=O) groups excluding carboxylic acids is 2. The van der Waals surface area contributed by atoms with Crippen molar-refractivity contribution < 1.29 is 14.3 Å². The molecule has 2 aromatic rings. The van der Waals surface area contributed by atoms with Gasteiger partial charge in [0.2, 0.25) is 0 Å². The summed E-state index contributed by atoms with van der Waals surface area (Å²) in [5.41, 5.74) is 1.23. The Hall–Kier alpha value is -2.67. The summed E-state index contributed by atoms with van der Waals surface area (Å²) in [6.45, 7) is 0. The predicted octanol–water partition coefficient (Wildman–Crippen LogP) is 1.77. The van der Waals surface area contributed by atoms with E-state index in [0.717, 1.165) is 0 Å². The topological polar surface area (TPSA) is 93.2 Å². The minimum absolute atomic E-state index is 0.170. The normalized spacial score (nSPS) is 12.9. The molecule has 1 aromatic heterocycles. The van der Waals surface area contributed by atoms with Gasteiger partial charge in [0.05, 0.1) is 18.2 Å². The Kier molecular flexibility index (Phi) is 3.19. The van der Waals surface area contributed by atoms with E-state index < -0.39 is 11.8 Å². The molecular formula is C13H9ClN4O3. The van der Waals surface area contributed by atoms with Gasteiger partial charge in [-0.2, -0.15) is 0 Å². The monoisotopic (exact) mass is 304 g/mol. The lowest BCUT2D eigenvalue weighted by Gasteiger charge is -2.10. The van der Waals surface area contributed by atoms with E-state index in [1.165, 1.54) is 13.4 Å². The number of hydrogen-bond acceptors (Lipinski definition) is 6. The smallest absolute Gasteiger partial charge is 0.259 e. The molecule has 0 saturated heterocycles. The molecule has 1 aliphatic rings. The quantitative estimate of drug-likeness (QED) is 0.663. The molecule has 0 unspecified atom stereocenters. The third kappa shape index (κ3) is 2.27. The van der Waals surface area contributed by atoms with Gasteiger partial charge in [-0.25, -0.2) is 9.97 Å². The van der Waals surface area contributed by atoms with Gasteiger partial charge in [0.1, 0.15) is 6.33 Å². The van der Waals surface area contributed by atoms with Crippen LogP contribution in [0.25, 0.3) is 0 Å². The summed E-state index contributed by atoms with van der Waals surface area (Å²) in [5.74, 6) is -0.169. The van der Waals surface area contributed by atoms with Crippen LogP contribution in [0.2, 0.25) is 5.15 Å². The number of amides is 2. The lowest BCUT2D eigenvalue weighted by molar-refractivity contribution is 0.0879. The number of rotatable bonds is 3. The first kappa shape index (κ1) is 13.3. The van der Waals surface area contributed by atoms with Gasteiger partial charge in [0.25, 0.3) is 11.8 Å². The highest BCUT2D eigenvalue weighted by molar-refractivity contribution is 6.31. The van der Waals surface area contributed by atoms with Gasteiger partial charge in [-0.05, 0) is 18.2 Å². The molecular weight excluding hydrogens is 296 g/mol. The highest BCUT2D eigenvalue weighted by Crippen LogP contribution is 2.31. The number of imide groups is 1. The minimum Gasteiger partial charge on any atom is -0.490 e. The summed E-state index contributed by atoms with van der Waals surface area (Å²) in [7, 11) is 1.45. The second kappa shape index (κ2) is 5.02. The lowest BCUT2D eigenvalue weighted by Crippen LogP contribution is -2.19. The molecule has 0 spiro atoms. The van der Waals surface area contributed by atoms with Gasteiger partial charge < -0.3 is 10.1 Å². The summed E-state index contributed by atoms with van der Waals surface area (Å²) in [4.78, 5) is 31.0. The van der Waals surface area contributed by atoms with E-state index in [4.69, 9.17) is 16.3 Å². The van der Waals surface area contributed by atoms with Crippen LogP contribution in [-0.4, -0.2) is 28.9 Å². The van der Waals surface area contributed by atoms with E-state index in [0.29, 0.717) is 28.4 Å². The Labute approximate surface area is 124 Å². The molecule has 21 heavy (non-hydrogen) atoms. The van der Waals surface area contributed by atoms with Crippen LogP contribution in [-0.2, 0) is 0 Å². The molecule has 0 fully saturated rings. The number of benzene rings is 1. The van der Waals surface area contributed by atoms with Crippen molar-refractivity contribution in [2.24, 2.45) is 0 Å². The lowest BCUT2D eigenvalue weighted by atomic mass is 10.1. The van der Waals surface area contributed by atoms with Crippen LogP contribution in [0.4, 0.5) is 11.5 Å². The van der Waals surface area contributed by atoms with Gasteiger partial charge in [0.15, 0.2) is 16.7 Å². The third-order valence-electron chi connectivity index (χ3n) is 2.96. The minimum atomic E-state index is -0.425. The maximum Gasteiger partial charge on any atom is 0.259 e. The van der Waals surface area contributed by atoms with Crippen LogP contribution in [0, 0.1) is 0 Å². The van der Waals surface area contributed by atoms with Crippen LogP contribution >= 0.6 is 11.6 Å². The van der Waals surface area contributed by atoms with Crippen LogP contribution < -0.4 is 15.4 Å². The molecule has 1 aliphatic heterocycles. The molecule has 1 aromatic carbocycles. The Morgan fingerprint density at radius 1 is 1.19 bits per heavy atom. The molecule has 0 saturated carbocycles. The first-order chi connectivity index (χ1) is 10.1. The van der Waals surface area contributed by atoms with Crippen molar-refractivity contribution in [3.05, 3.63) is 40.8 Å². The summed E-state index contributed by atoms with van der Waals surface area (Å²) in [6, 6.07) is 4.78. The average molecular weight is 305 g/mol. The average Bonchev–Trinajstić information content (AvgIpc) is 2.74. The maximum absolute atomic E-state index is 11.6. The molecule has 0 atom stereocenters. The number of methoxy groups -OCH3 is 1. The number of carbonyl (C=O) groups is 2. The fourth-order valence-electron chi connectivity index (χ4n) is 2.00. The maximum atomic E-state index is 11.6.